The number of hydrogen-bond donors (Lipinski definition) is 1. The number of thioether (sulfide) groups is 1. The van der Waals surface area contributed by atoms with Gasteiger partial charge in [0.2, 0.25) is 5.91 Å². The van der Waals surface area contributed by atoms with Crippen LogP contribution in [0.3, 0.4) is 0 Å². The van der Waals surface area contributed by atoms with Crippen molar-refractivity contribution in [2.45, 2.75) is 17.7 Å². The van der Waals surface area contributed by atoms with Crippen LogP contribution in [0.1, 0.15) is 6.42 Å². The van der Waals surface area contributed by atoms with Crippen molar-refractivity contribution < 1.29 is 22.5 Å². The van der Waals surface area contributed by atoms with Crippen molar-refractivity contribution >= 4 is 38.6 Å². The molecule has 0 unspecified atom stereocenters. The molecular weight excluding hydrogens is 374 g/mol. The number of para-hydroxylation sites is 2. The molecule has 140 valence electrons. The number of rotatable bonds is 4. The number of fused-ring (bicyclic) bond motifs is 1. The molecule has 2 saturated heterocycles. The highest BCUT2D eigenvalue weighted by atomic mass is 32.2. The van der Waals surface area contributed by atoms with Crippen LogP contribution in [0.25, 0.3) is 11.1 Å². The SMILES string of the molecule is O=C(CSc1nc2ccccc2o1)N1CC[NH+]([C@@H]2CCS(=O)(=O)C2)CC1. The molecular formula is C17H22N3O4S2+. The van der Waals surface area contributed by atoms with Gasteiger partial charge in [0.1, 0.15) is 17.3 Å². The molecule has 2 aliphatic heterocycles. The fourth-order valence-corrected chi connectivity index (χ4v) is 6.26. The summed E-state index contributed by atoms with van der Waals surface area (Å²) in [6.45, 7) is 3.00. The number of carbonyl (C=O) groups is 1. The van der Waals surface area contributed by atoms with Crippen LogP contribution in [-0.4, -0.2) is 73.7 Å². The summed E-state index contributed by atoms with van der Waals surface area (Å²) < 4.78 is 28.9. The van der Waals surface area contributed by atoms with Gasteiger partial charge >= 0.3 is 0 Å². The molecule has 0 saturated carbocycles. The summed E-state index contributed by atoms with van der Waals surface area (Å²) in [5, 5.41) is 0.514. The lowest BCUT2D eigenvalue weighted by Crippen LogP contribution is -3.18. The molecule has 3 heterocycles. The molecule has 1 aromatic heterocycles. The van der Waals surface area contributed by atoms with E-state index in [1.807, 2.05) is 29.2 Å². The predicted octanol–water partition coefficient (Wildman–Crippen LogP) is -0.166. The van der Waals surface area contributed by atoms with E-state index in [4.69, 9.17) is 4.42 Å². The van der Waals surface area contributed by atoms with Crippen LogP contribution in [-0.2, 0) is 14.6 Å². The van der Waals surface area contributed by atoms with Gasteiger partial charge in [-0.2, -0.15) is 0 Å². The van der Waals surface area contributed by atoms with Gasteiger partial charge in [0.15, 0.2) is 15.4 Å². The molecule has 0 aliphatic carbocycles. The topological polar surface area (TPSA) is 84.9 Å². The smallest absolute Gasteiger partial charge is 0.257 e. The van der Waals surface area contributed by atoms with E-state index in [0.29, 0.717) is 35.6 Å². The van der Waals surface area contributed by atoms with Crippen LogP contribution >= 0.6 is 11.8 Å². The maximum Gasteiger partial charge on any atom is 0.257 e. The van der Waals surface area contributed by atoms with E-state index in [2.05, 4.69) is 4.98 Å². The summed E-state index contributed by atoms with van der Waals surface area (Å²) in [5.74, 6) is 0.991. The molecule has 1 N–H and O–H groups in total. The average Bonchev–Trinajstić information content (AvgIpc) is 3.22. The van der Waals surface area contributed by atoms with Crippen LogP contribution in [0.5, 0.6) is 0 Å². The Balaban J connectivity index is 1.27. The van der Waals surface area contributed by atoms with Crippen molar-refractivity contribution in [2.75, 3.05) is 43.4 Å². The number of hydrogen-bond acceptors (Lipinski definition) is 6. The lowest BCUT2D eigenvalue weighted by molar-refractivity contribution is -0.925. The van der Waals surface area contributed by atoms with Gasteiger partial charge in [0, 0.05) is 6.42 Å². The van der Waals surface area contributed by atoms with Crippen molar-refractivity contribution in [3.05, 3.63) is 24.3 Å². The Morgan fingerprint density at radius 2 is 2.08 bits per heavy atom. The maximum absolute atomic E-state index is 12.4. The number of aromatic nitrogens is 1. The number of nitrogens with one attached hydrogen (secondary N) is 1. The second kappa shape index (κ2) is 7.21. The lowest BCUT2D eigenvalue weighted by Gasteiger charge is -2.34. The monoisotopic (exact) mass is 396 g/mol. The molecule has 0 radical (unpaired) electrons. The van der Waals surface area contributed by atoms with E-state index in [1.165, 1.54) is 16.7 Å². The molecule has 1 amide bonds. The highest BCUT2D eigenvalue weighted by molar-refractivity contribution is 7.99. The Bertz CT molecular complexity index is 871. The minimum Gasteiger partial charge on any atom is -0.431 e. The highest BCUT2D eigenvalue weighted by Gasteiger charge is 2.37. The van der Waals surface area contributed by atoms with Crippen molar-refractivity contribution in [3.63, 3.8) is 0 Å². The molecule has 0 spiro atoms. The van der Waals surface area contributed by atoms with Crippen LogP contribution in [0.2, 0.25) is 0 Å². The first-order chi connectivity index (χ1) is 12.5. The highest BCUT2D eigenvalue weighted by Crippen LogP contribution is 2.23. The fourth-order valence-electron chi connectivity index (χ4n) is 3.70. The minimum absolute atomic E-state index is 0.0790. The Morgan fingerprint density at radius 3 is 2.77 bits per heavy atom. The third-order valence-electron chi connectivity index (χ3n) is 5.16. The normalized spacial score (nSPS) is 23.5. The molecule has 2 aromatic rings. The standard InChI is InChI=1S/C17H21N3O4S2/c21-16(11-25-17-18-14-3-1-2-4-15(14)24-17)20-8-6-19(7-9-20)13-5-10-26(22,23)12-13/h1-4,13H,5-12H2/p+1/t13-/m1/s1. The number of benzene rings is 1. The second-order valence-electron chi connectivity index (χ2n) is 6.88. The van der Waals surface area contributed by atoms with E-state index in [9.17, 15) is 13.2 Å². The fraction of sp³-hybridized carbons (Fsp3) is 0.529. The molecule has 7 nitrogen and oxygen atoms in total. The quantitative estimate of drug-likeness (QED) is 0.723. The Kier molecular flexibility index (Phi) is 4.94. The third kappa shape index (κ3) is 3.89. The second-order valence-corrected chi connectivity index (χ2v) is 10.0. The lowest BCUT2D eigenvalue weighted by atomic mass is 10.2. The van der Waals surface area contributed by atoms with Crippen molar-refractivity contribution in [3.8, 4) is 0 Å². The Labute approximate surface area is 156 Å². The van der Waals surface area contributed by atoms with Gasteiger partial charge in [-0.05, 0) is 12.1 Å². The first-order valence-corrected chi connectivity index (χ1v) is 11.6. The molecule has 26 heavy (non-hydrogen) atoms. The number of amides is 1. The zero-order valence-electron chi connectivity index (χ0n) is 14.4. The number of quaternary nitrogens is 1. The molecule has 9 heteroatoms. The van der Waals surface area contributed by atoms with Crippen LogP contribution in [0, 0.1) is 0 Å². The van der Waals surface area contributed by atoms with Crippen molar-refractivity contribution in [1.29, 1.82) is 0 Å². The molecule has 1 aromatic carbocycles. The first-order valence-electron chi connectivity index (χ1n) is 8.81. The molecule has 4 rings (SSSR count). The van der Waals surface area contributed by atoms with E-state index in [0.717, 1.165) is 30.6 Å². The zero-order chi connectivity index (χ0) is 18.1. The number of nitrogens with zero attached hydrogens (tertiary/aromatic N) is 2. The molecule has 2 aliphatic rings. The molecule has 0 bridgehead atoms. The third-order valence-corrected chi connectivity index (χ3v) is 7.74. The summed E-state index contributed by atoms with van der Waals surface area (Å²) in [5.41, 5.74) is 1.53. The molecule has 1 atom stereocenters. The Morgan fingerprint density at radius 1 is 1.31 bits per heavy atom. The minimum atomic E-state index is -2.85. The first kappa shape index (κ1) is 17.8. The van der Waals surface area contributed by atoms with Crippen LogP contribution in [0.15, 0.2) is 33.9 Å². The number of carbonyl (C=O) groups excluding carboxylic acids is 1. The van der Waals surface area contributed by atoms with Gasteiger partial charge < -0.3 is 14.2 Å². The summed E-state index contributed by atoms with van der Waals surface area (Å²) >= 11 is 1.32. The number of oxazole rings is 1. The maximum atomic E-state index is 12.4. The van der Waals surface area contributed by atoms with Crippen LogP contribution in [0.4, 0.5) is 0 Å². The summed E-state index contributed by atoms with van der Waals surface area (Å²) in [4.78, 5) is 20.0. The van der Waals surface area contributed by atoms with Crippen molar-refractivity contribution in [2.24, 2.45) is 0 Å². The predicted molar refractivity (Wildman–Crippen MR) is 99.1 cm³/mol. The summed E-state index contributed by atoms with van der Waals surface area (Å²) in [7, 11) is -2.85. The number of piperazine rings is 1. The van der Waals surface area contributed by atoms with Crippen LogP contribution < -0.4 is 4.90 Å². The molecule has 2 fully saturated rings. The zero-order valence-corrected chi connectivity index (χ0v) is 16.0. The number of sulfone groups is 1. The van der Waals surface area contributed by atoms with Gasteiger partial charge in [0.05, 0.1) is 37.7 Å². The average molecular weight is 397 g/mol. The van der Waals surface area contributed by atoms with E-state index in [1.54, 1.807) is 0 Å². The van der Waals surface area contributed by atoms with Gasteiger partial charge in [-0.25, -0.2) is 13.4 Å². The summed E-state index contributed by atoms with van der Waals surface area (Å²) in [6, 6.07) is 7.74. The van der Waals surface area contributed by atoms with E-state index >= 15 is 0 Å². The van der Waals surface area contributed by atoms with Gasteiger partial charge in [-0.3, -0.25) is 4.79 Å². The van der Waals surface area contributed by atoms with E-state index < -0.39 is 9.84 Å². The van der Waals surface area contributed by atoms with E-state index in [-0.39, 0.29) is 11.9 Å². The largest absolute Gasteiger partial charge is 0.431 e. The van der Waals surface area contributed by atoms with Crippen molar-refractivity contribution in [1.82, 2.24) is 9.88 Å². The van der Waals surface area contributed by atoms with Gasteiger partial charge in [-0.15, -0.1) is 0 Å². The Hall–Kier alpha value is -1.58. The summed E-state index contributed by atoms with van der Waals surface area (Å²) in [6.07, 6.45) is 0.749. The van der Waals surface area contributed by atoms with Gasteiger partial charge in [-0.1, -0.05) is 23.9 Å². The van der Waals surface area contributed by atoms with Gasteiger partial charge in [0.25, 0.3) is 5.22 Å².